The molecule has 4 rings (SSSR count). The summed E-state index contributed by atoms with van der Waals surface area (Å²) in [4.78, 5) is 14.8. The Labute approximate surface area is 130 Å². The molecule has 0 bridgehead atoms. The van der Waals surface area contributed by atoms with Gasteiger partial charge in [0, 0.05) is 11.7 Å². The quantitative estimate of drug-likeness (QED) is 0.933. The number of nitrogens with one attached hydrogen (secondary N) is 1. The van der Waals surface area contributed by atoms with Gasteiger partial charge in [0.05, 0.1) is 5.56 Å². The van der Waals surface area contributed by atoms with Crippen LogP contribution in [-0.2, 0) is 0 Å². The van der Waals surface area contributed by atoms with Crippen LogP contribution in [0.1, 0.15) is 28.8 Å². The first-order valence-electron chi connectivity index (χ1n) is 7.74. The highest BCUT2D eigenvalue weighted by atomic mass is 16.2. The van der Waals surface area contributed by atoms with E-state index in [0.717, 1.165) is 29.7 Å². The number of rotatable bonds is 3. The summed E-state index contributed by atoms with van der Waals surface area (Å²) in [5, 5.41) is 3.49. The smallest absolute Gasteiger partial charge is 0.258 e. The summed E-state index contributed by atoms with van der Waals surface area (Å²) in [5.74, 6) is 0.138. The molecule has 0 unspecified atom stereocenters. The predicted molar refractivity (Wildman–Crippen MR) is 88.5 cm³/mol. The first-order valence-corrected chi connectivity index (χ1v) is 7.74. The van der Waals surface area contributed by atoms with E-state index in [2.05, 4.69) is 29.6 Å². The van der Waals surface area contributed by atoms with E-state index in [1.165, 1.54) is 0 Å². The number of hydrogen-bond acceptors (Lipinski definition) is 2. The highest BCUT2D eigenvalue weighted by Crippen LogP contribution is 2.35. The number of benzene rings is 2. The van der Waals surface area contributed by atoms with Crippen LogP contribution in [0.25, 0.3) is 6.08 Å². The van der Waals surface area contributed by atoms with Crippen molar-refractivity contribution in [3.63, 3.8) is 0 Å². The molecule has 1 fully saturated rings. The van der Waals surface area contributed by atoms with Gasteiger partial charge < -0.3 is 10.2 Å². The number of para-hydroxylation sites is 1. The van der Waals surface area contributed by atoms with Gasteiger partial charge in [-0.15, -0.1) is 0 Å². The van der Waals surface area contributed by atoms with E-state index in [1.807, 2.05) is 47.4 Å². The van der Waals surface area contributed by atoms with Crippen molar-refractivity contribution in [3.05, 3.63) is 71.8 Å². The second-order valence-corrected chi connectivity index (χ2v) is 5.85. The third-order valence-corrected chi connectivity index (χ3v) is 4.21. The third-order valence-electron chi connectivity index (χ3n) is 4.21. The van der Waals surface area contributed by atoms with E-state index < -0.39 is 0 Å². The molecule has 22 heavy (non-hydrogen) atoms. The Bertz CT molecular complexity index is 719. The number of fused-ring (bicyclic) bond motifs is 1. The molecule has 1 atom stereocenters. The summed E-state index contributed by atoms with van der Waals surface area (Å²) in [6.45, 7) is 0. The fourth-order valence-electron chi connectivity index (χ4n) is 2.94. The van der Waals surface area contributed by atoms with Crippen molar-refractivity contribution in [1.29, 1.82) is 0 Å². The lowest BCUT2D eigenvalue weighted by atomic mass is 10.1. The number of hydrogen-bond donors (Lipinski definition) is 1. The molecule has 2 aromatic rings. The lowest BCUT2D eigenvalue weighted by molar-refractivity contribution is 0.0703. The largest absolute Gasteiger partial charge is 0.361 e. The predicted octanol–water partition coefficient (Wildman–Crippen LogP) is 3.76. The van der Waals surface area contributed by atoms with Crippen LogP contribution in [0, 0.1) is 0 Å². The van der Waals surface area contributed by atoms with Crippen LogP contribution in [0.3, 0.4) is 0 Å². The van der Waals surface area contributed by atoms with Crippen molar-refractivity contribution in [2.75, 3.05) is 5.32 Å². The Morgan fingerprint density at radius 3 is 2.50 bits per heavy atom. The van der Waals surface area contributed by atoms with Gasteiger partial charge in [0.1, 0.15) is 6.17 Å². The van der Waals surface area contributed by atoms with Crippen molar-refractivity contribution < 1.29 is 4.79 Å². The Morgan fingerprint density at radius 1 is 1.00 bits per heavy atom. The highest BCUT2D eigenvalue weighted by Gasteiger charge is 2.40. The molecule has 110 valence electrons. The standard InChI is InChI=1S/C19H18N2O/c22-19-16-8-4-5-9-17(16)20-18(21(19)15-11-12-15)13-10-14-6-2-1-3-7-14/h1-10,13,15,18,20H,11-12H2/b13-10+/t18-/m0/s1. The van der Waals surface area contributed by atoms with E-state index >= 15 is 0 Å². The Morgan fingerprint density at radius 2 is 1.73 bits per heavy atom. The fraction of sp³-hybridized carbons (Fsp3) is 0.211. The topological polar surface area (TPSA) is 32.3 Å². The van der Waals surface area contributed by atoms with Crippen LogP contribution in [0.15, 0.2) is 60.7 Å². The van der Waals surface area contributed by atoms with Gasteiger partial charge in [0.15, 0.2) is 0 Å². The van der Waals surface area contributed by atoms with E-state index in [9.17, 15) is 4.79 Å². The van der Waals surface area contributed by atoms with Crippen molar-refractivity contribution in [2.45, 2.75) is 25.0 Å². The maximum Gasteiger partial charge on any atom is 0.258 e. The summed E-state index contributed by atoms with van der Waals surface area (Å²) < 4.78 is 0. The molecule has 1 N–H and O–H groups in total. The minimum absolute atomic E-state index is 0.0740. The molecule has 3 heteroatoms. The number of nitrogens with zero attached hydrogens (tertiary/aromatic N) is 1. The van der Waals surface area contributed by atoms with Gasteiger partial charge in [-0.1, -0.05) is 48.5 Å². The van der Waals surface area contributed by atoms with Gasteiger partial charge in [-0.2, -0.15) is 0 Å². The SMILES string of the molecule is O=C1c2ccccc2N[C@H](/C=C/c2ccccc2)N1C1CC1. The van der Waals surface area contributed by atoms with Gasteiger partial charge in [0.25, 0.3) is 5.91 Å². The first-order chi connectivity index (χ1) is 10.8. The number of carbonyl (C=O) groups excluding carboxylic acids is 1. The first kappa shape index (κ1) is 13.1. The van der Waals surface area contributed by atoms with E-state index in [4.69, 9.17) is 0 Å². The molecule has 1 aliphatic carbocycles. The highest BCUT2D eigenvalue weighted by molar-refractivity contribution is 6.02. The minimum atomic E-state index is -0.0740. The molecule has 1 amide bonds. The van der Waals surface area contributed by atoms with E-state index in [0.29, 0.717) is 6.04 Å². The van der Waals surface area contributed by atoms with Gasteiger partial charge in [-0.05, 0) is 36.6 Å². The van der Waals surface area contributed by atoms with Crippen LogP contribution < -0.4 is 5.32 Å². The molecular weight excluding hydrogens is 272 g/mol. The number of amides is 1. The molecular formula is C19H18N2O. The number of carbonyl (C=O) groups is 1. The normalized spacial score (nSPS) is 20.8. The van der Waals surface area contributed by atoms with E-state index in [1.54, 1.807) is 0 Å². The zero-order valence-corrected chi connectivity index (χ0v) is 12.3. The number of anilines is 1. The molecule has 0 radical (unpaired) electrons. The monoisotopic (exact) mass is 290 g/mol. The minimum Gasteiger partial charge on any atom is -0.361 e. The molecule has 1 aliphatic heterocycles. The van der Waals surface area contributed by atoms with Crippen LogP contribution in [-0.4, -0.2) is 23.0 Å². The zero-order valence-electron chi connectivity index (χ0n) is 12.3. The Kier molecular flexibility index (Phi) is 3.19. The second-order valence-electron chi connectivity index (χ2n) is 5.85. The van der Waals surface area contributed by atoms with Crippen LogP contribution in [0.4, 0.5) is 5.69 Å². The Balaban J connectivity index is 1.66. The van der Waals surface area contributed by atoms with Crippen molar-refractivity contribution >= 4 is 17.7 Å². The summed E-state index contributed by atoms with van der Waals surface area (Å²) in [6, 6.07) is 18.3. The van der Waals surface area contributed by atoms with Crippen molar-refractivity contribution in [2.24, 2.45) is 0 Å². The lowest BCUT2D eigenvalue weighted by Gasteiger charge is -2.36. The summed E-state index contributed by atoms with van der Waals surface area (Å²) in [7, 11) is 0. The van der Waals surface area contributed by atoms with E-state index in [-0.39, 0.29) is 12.1 Å². The van der Waals surface area contributed by atoms with Gasteiger partial charge in [-0.3, -0.25) is 4.79 Å². The van der Waals surface area contributed by atoms with Gasteiger partial charge >= 0.3 is 0 Å². The third kappa shape index (κ3) is 2.39. The Hall–Kier alpha value is -2.55. The average Bonchev–Trinajstić information content (AvgIpc) is 3.39. The van der Waals surface area contributed by atoms with Crippen LogP contribution >= 0.6 is 0 Å². The zero-order chi connectivity index (χ0) is 14.9. The molecule has 0 aromatic heterocycles. The summed E-state index contributed by atoms with van der Waals surface area (Å²) in [6.07, 6.45) is 6.29. The molecule has 2 aromatic carbocycles. The van der Waals surface area contributed by atoms with Gasteiger partial charge in [-0.25, -0.2) is 0 Å². The van der Waals surface area contributed by atoms with Crippen LogP contribution in [0.2, 0.25) is 0 Å². The molecule has 2 aliphatic rings. The fourth-order valence-corrected chi connectivity index (χ4v) is 2.94. The molecule has 0 saturated heterocycles. The molecule has 0 spiro atoms. The van der Waals surface area contributed by atoms with Gasteiger partial charge in [0.2, 0.25) is 0 Å². The lowest BCUT2D eigenvalue weighted by Crippen LogP contribution is -2.48. The summed E-state index contributed by atoms with van der Waals surface area (Å²) in [5.41, 5.74) is 2.84. The maximum absolute atomic E-state index is 12.8. The molecule has 1 heterocycles. The van der Waals surface area contributed by atoms with Crippen LogP contribution in [0.5, 0.6) is 0 Å². The molecule has 1 saturated carbocycles. The van der Waals surface area contributed by atoms with Crippen molar-refractivity contribution in [3.8, 4) is 0 Å². The van der Waals surface area contributed by atoms with Crippen molar-refractivity contribution in [1.82, 2.24) is 4.90 Å². The maximum atomic E-state index is 12.8. The summed E-state index contributed by atoms with van der Waals surface area (Å²) >= 11 is 0. The molecule has 3 nitrogen and oxygen atoms in total. The second kappa shape index (κ2) is 5.34. The average molecular weight is 290 g/mol.